The minimum absolute atomic E-state index is 0.300. The van der Waals surface area contributed by atoms with E-state index in [1.807, 2.05) is 42.2 Å². The van der Waals surface area contributed by atoms with Gasteiger partial charge in [-0.2, -0.15) is 0 Å². The van der Waals surface area contributed by atoms with Crippen LogP contribution in [-0.2, 0) is 7.05 Å². The lowest BCUT2D eigenvalue weighted by molar-refractivity contribution is -0.671. The van der Waals surface area contributed by atoms with Gasteiger partial charge in [-0.25, -0.2) is 4.57 Å². The maximum absolute atomic E-state index is 9.53. The van der Waals surface area contributed by atoms with Crippen molar-refractivity contribution in [1.29, 1.82) is 0 Å². The number of fused-ring (bicyclic) bond motifs is 1. The topological polar surface area (TPSA) is 24.1 Å². The Bertz CT molecular complexity index is 773. The zero-order valence-electron chi connectivity index (χ0n) is 11.3. The number of aromatic nitrogens is 1. The fraction of sp³-hybridized carbons (Fsp3) is 0.0556. The first kappa shape index (κ1) is 12.4. The van der Waals surface area contributed by atoms with E-state index in [4.69, 9.17) is 0 Å². The van der Waals surface area contributed by atoms with Gasteiger partial charge >= 0.3 is 0 Å². The minimum atomic E-state index is 0.300. The van der Waals surface area contributed by atoms with E-state index >= 15 is 0 Å². The molecular formula is C18H16NO+. The monoisotopic (exact) mass is 262 g/mol. The molecule has 0 atom stereocenters. The van der Waals surface area contributed by atoms with E-state index < -0.39 is 0 Å². The number of phenols is 1. The molecule has 0 saturated carbocycles. The van der Waals surface area contributed by atoms with Crippen LogP contribution in [0.25, 0.3) is 22.9 Å². The van der Waals surface area contributed by atoms with Gasteiger partial charge in [0, 0.05) is 12.1 Å². The highest BCUT2D eigenvalue weighted by Crippen LogP contribution is 2.24. The third-order valence-electron chi connectivity index (χ3n) is 3.36. The Labute approximate surface area is 118 Å². The van der Waals surface area contributed by atoms with Gasteiger partial charge in [-0.15, -0.1) is 0 Å². The summed E-state index contributed by atoms with van der Waals surface area (Å²) in [4.78, 5) is 0. The summed E-state index contributed by atoms with van der Waals surface area (Å²) in [6, 6.07) is 15.7. The third-order valence-corrected chi connectivity index (χ3v) is 3.36. The van der Waals surface area contributed by atoms with Crippen molar-refractivity contribution in [2.45, 2.75) is 0 Å². The van der Waals surface area contributed by atoms with Crippen LogP contribution in [0.15, 0.2) is 60.9 Å². The lowest BCUT2D eigenvalue weighted by atomic mass is 10.0. The number of benzene rings is 2. The lowest BCUT2D eigenvalue weighted by Gasteiger charge is -2.03. The van der Waals surface area contributed by atoms with Crippen LogP contribution in [0.1, 0.15) is 11.1 Å². The van der Waals surface area contributed by atoms with Crippen molar-refractivity contribution in [3.8, 4) is 5.75 Å². The van der Waals surface area contributed by atoms with Gasteiger partial charge in [0.1, 0.15) is 12.8 Å². The molecule has 3 aromatic rings. The van der Waals surface area contributed by atoms with Crippen molar-refractivity contribution in [3.63, 3.8) is 0 Å². The summed E-state index contributed by atoms with van der Waals surface area (Å²) < 4.78 is 2.01. The molecule has 0 unspecified atom stereocenters. The van der Waals surface area contributed by atoms with Crippen LogP contribution in [0.2, 0.25) is 0 Å². The van der Waals surface area contributed by atoms with Crippen LogP contribution < -0.4 is 4.57 Å². The molecule has 0 aliphatic rings. The molecule has 0 aliphatic carbocycles. The van der Waals surface area contributed by atoms with E-state index in [0.29, 0.717) is 5.75 Å². The number of hydrogen-bond acceptors (Lipinski definition) is 1. The first-order chi connectivity index (χ1) is 9.72. The van der Waals surface area contributed by atoms with Gasteiger partial charge in [0.2, 0.25) is 0 Å². The van der Waals surface area contributed by atoms with E-state index in [9.17, 15) is 5.11 Å². The summed E-state index contributed by atoms with van der Waals surface area (Å²) in [6.45, 7) is 0. The number of aryl methyl sites for hydroxylation is 1. The van der Waals surface area contributed by atoms with Crippen LogP contribution in [0.5, 0.6) is 5.75 Å². The Morgan fingerprint density at radius 3 is 2.55 bits per heavy atom. The molecule has 1 heterocycles. The number of aromatic hydroxyl groups is 1. The molecule has 1 aromatic heterocycles. The summed E-state index contributed by atoms with van der Waals surface area (Å²) >= 11 is 0. The lowest BCUT2D eigenvalue weighted by Crippen LogP contribution is -2.25. The molecule has 2 aromatic carbocycles. The zero-order valence-corrected chi connectivity index (χ0v) is 11.3. The van der Waals surface area contributed by atoms with E-state index in [2.05, 4.69) is 30.4 Å². The second-order valence-corrected chi connectivity index (χ2v) is 4.88. The number of pyridine rings is 1. The van der Waals surface area contributed by atoms with Crippen LogP contribution >= 0.6 is 0 Å². The molecule has 98 valence electrons. The van der Waals surface area contributed by atoms with Crippen LogP contribution in [0, 0.1) is 0 Å². The fourth-order valence-electron chi connectivity index (χ4n) is 2.25. The number of rotatable bonds is 2. The van der Waals surface area contributed by atoms with Gasteiger partial charge in [-0.05, 0) is 34.0 Å². The largest absolute Gasteiger partial charge is 0.508 e. The first-order valence-corrected chi connectivity index (χ1v) is 6.57. The number of hydrogen-bond donors (Lipinski definition) is 1. The van der Waals surface area contributed by atoms with Gasteiger partial charge in [-0.3, -0.25) is 0 Å². The maximum atomic E-state index is 9.53. The molecule has 0 amide bonds. The Morgan fingerprint density at radius 1 is 0.950 bits per heavy atom. The minimum Gasteiger partial charge on any atom is -0.508 e. The standard InChI is InChI=1S/C18H15NO/c1-19-11-9-14(10-12-19)5-6-15-3-2-4-16-13-17(20)7-8-18(15)16/h2-13H,1H3/p+1. The average Bonchev–Trinajstić information content (AvgIpc) is 2.46. The predicted octanol–water partition coefficient (Wildman–Crippen LogP) is 3.54. The van der Waals surface area contributed by atoms with Crippen molar-refractivity contribution in [1.82, 2.24) is 0 Å². The van der Waals surface area contributed by atoms with Gasteiger partial charge in [0.05, 0.1) is 0 Å². The van der Waals surface area contributed by atoms with Gasteiger partial charge in [0.15, 0.2) is 12.4 Å². The fourth-order valence-corrected chi connectivity index (χ4v) is 2.25. The van der Waals surface area contributed by atoms with Gasteiger partial charge < -0.3 is 5.11 Å². The van der Waals surface area contributed by atoms with Crippen molar-refractivity contribution in [2.75, 3.05) is 0 Å². The van der Waals surface area contributed by atoms with Gasteiger partial charge in [0.25, 0.3) is 0 Å². The molecule has 2 heteroatoms. The second kappa shape index (κ2) is 5.17. The Kier molecular flexibility index (Phi) is 3.21. The van der Waals surface area contributed by atoms with Crippen molar-refractivity contribution in [2.24, 2.45) is 7.05 Å². The Morgan fingerprint density at radius 2 is 1.75 bits per heavy atom. The molecule has 1 N–H and O–H groups in total. The summed E-state index contributed by atoms with van der Waals surface area (Å²) in [7, 11) is 2.00. The molecule has 0 saturated heterocycles. The number of nitrogens with zero attached hydrogens (tertiary/aromatic N) is 1. The number of phenolic OH excluding ortho intramolecular Hbond substituents is 1. The molecule has 0 bridgehead atoms. The molecule has 2 nitrogen and oxygen atoms in total. The van der Waals surface area contributed by atoms with Gasteiger partial charge in [-0.1, -0.05) is 36.4 Å². The molecule has 0 spiro atoms. The molecule has 0 radical (unpaired) electrons. The van der Waals surface area contributed by atoms with Crippen molar-refractivity contribution < 1.29 is 9.67 Å². The smallest absolute Gasteiger partial charge is 0.169 e. The normalized spacial score (nSPS) is 11.2. The summed E-state index contributed by atoms with van der Waals surface area (Å²) in [5.41, 5.74) is 2.31. The Hall–Kier alpha value is -2.61. The van der Waals surface area contributed by atoms with E-state index in [1.165, 1.54) is 5.56 Å². The zero-order chi connectivity index (χ0) is 13.9. The second-order valence-electron chi connectivity index (χ2n) is 4.88. The van der Waals surface area contributed by atoms with Crippen LogP contribution in [-0.4, -0.2) is 5.11 Å². The van der Waals surface area contributed by atoms with E-state index in [1.54, 1.807) is 12.1 Å². The highest BCUT2D eigenvalue weighted by atomic mass is 16.3. The van der Waals surface area contributed by atoms with Crippen molar-refractivity contribution >= 4 is 22.9 Å². The summed E-state index contributed by atoms with van der Waals surface area (Å²) in [6.07, 6.45) is 8.26. The quantitative estimate of drug-likeness (QED) is 0.702. The van der Waals surface area contributed by atoms with E-state index in [-0.39, 0.29) is 0 Å². The first-order valence-electron chi connectivity index (χ1n) is 6.57. The summed E-state index contributed by atoms with van der Waals surface area (Å²) in [5.74, 6) is 0.300. The molecule has 0 aliphatic heterocycles. The highest BCUT2D eigenvalue weighted by molar-refractivity contribution is 5.93. The molecule has 3 rings (SSSR count). The average molecular weight is 262 g/mol. The predicted molar refractivity (Wildman–Crippen MR) is 82.2 cm³/mol. The molecular weight excluding hydrogens is 246 g/mol. The Balaban J connectivity index is 2.00. The highest BCUT2D eigenvalue weighted by Gasteiger charge is 1.99. The van der Waals surface area contributed by atoms with Crippen LogP contribution in [0.3, 0.4) is 0 Å². The third kappa shape index (κ3) is 2.54. The van der Waals surface area contributed by atoms with Crippen LogP contribution in [0.4, 0.5) is 0 Å². The van der Waals surface area contributed by atoms with Crippen molar-refractivity contribution in [3.05, 3.63) is 72.1 Å². The molecule has 0 fully saturated rings. The SMILES string of the molecule is C[n+]1ccc(C=Cc2cccc3cc(O)ccc23)cc1. The molecule has 20 heavy (non-hydrogen) atoms. The maximum Gasteiger partial charge on any atom is 0.169 e. The van der Waals surface area contributed by atoms with E-state index in [0.717, 1.165) is 16.3 Å². The summed E-state index contributed by atoms with van der Waals surface area (Å²) in [5, 5.41) is 11.7.